The molecule has 2 aliphatic rings. The van der Waals surface area contributed by atoms with Crippen molar-refractivity contribution in [1.29, 1.82) is 0 Å². The molecule has 1 aliphatic carbocycles. The van der Waals surface area contributed by atoms with Crippen molar-refractivity contribution in [2.45, 2.75) is 52.0 Å². The van der Waals surface area contributed by atoms with E-state index in [-0.39, 0.29) is 11.9 Å². The smallest absolute Gasteiger partial charge is 0.224 e. The Morgan fingerprint density at radius 3 is 2.30 bits per heavy atom. The maximum absolute atomic E-state index is 12.2. The van der Waals surface area contributed by atoms with E-state index in [1.54, 1.807) is 0 Å². The number of carbonyl (C=O) groups is 1. The lowest BCUT2D eigenvalue weighted by Gasteiger charge is -2.35. The molecule has 1 atom stereocenters. The van der Waals surface area contributed by atoms with Gasteiger partial charge >= 0.3 is 0 Å². The Morgan fingerprint density at radius 2 is 1.80 bits per heavy atom. The van der Waals surface area contributed by atoms with Gasteiger partial charge in [-0.1, -0.05) is 13.8 Å². The second-order valence-electron chi connectivity index (χ2n) is 6.52. The van der Waals surface area contributed by atoms with Crippen LogP contribution >= 0.6 is 0 Å². The summed E-state index contributed by atoms with van der Waals surface area (Å²) in [4.78, 5) is 16.8. The van der Waals surface area contributed by atoms with Crippen LogP contribution in [0.1, 0.15) is 46.0 Å². The Kier molecular flexibility index (Phi) is 5.85. The second-order valence-corrected chi connectivity index (χ2v) is 6.52. The highest BCUT2D eigenvalue weighted by Crippen LogP contribution is 2.33. The summed E-state index contributed by atoms with van der Waals surface area (Å²) in [6.45, 7) is 9.77. The molecule has 1 unspecified atom stereocenters. The van der Waals surface area contributed by atoms with Crippen molar-refractivity contribution < 1.29 is 4.79 Å². The minimum atomic E-state index is 0.107. The van der Waals surface area contributed by atoms with Gasteiger partial charge in [-0.25, -0.2) is 0 Å². The monoisotopic (exact) mass is 281 g/mol. The van der Waals surface area contributed by atoms with Crippen molar-refractivity contribution in [1.82, 2.24) is 9.80 Å². The molecule has 2 N–H and O–H groups in total. The topological polar surface area (TPSA) is 49.6 Å². The maximum Gasteiger partial charge on any atom is 0.224 e. The van der Waals surface area contributed by atoms with Crippen LogP contribution < -0.4 is 5.73 Å². The molecule has 0 aromatic heterocycles. The predicted octanol–water partition coefficient (Wildman–Crippen LogP) is 1.69. The summed E-state index contributed by atoms with van der Waals surface area (Å²) in [7, 11) is 0. The van der Waals surface area contributed by atoms with E-state index in [0.717, 1.165) is 44.9 Å². The van der Waals surface area contributed by atoms with Crippen molar-refractivity contribution in [2.24, 2.45) is 17.6 Å². The molecule has 0 radical (unpaired) electrons. The molecule has 116 valence electrons. The Balaban J connectivity index is 1.68. The largest absolute Gasteiger partial charge is 0.343 e. The first kappa shape index (κ1) is 15.8. The minimum Gasteiger partial charge on any atom is -0.343 e. The summed E-state index contributed by atoms with van der Waals surface area (Å²) in [5, 5.41) is 0. The highest BCUT2D eigenvalue weighted by molar-refractivity contribution is 5.77. The number of carbonyl (C=O) groups excluding carboxylic acids is 1. The number of likely N-dealkylation sites (tertiary alicyclic amines) is 1. The molecular weight excluding hydrogens is 250 g/mol. The van der Waals surface area contributed by atoms with Gasteiger partial charge in [-0.3, -0.25) is 4.79 Å². The first-order chi connectivity index (χ1) is 9.63. The van der Waals surface area contributed by atoms with Gasteiger partial charge in [0.2, 0.25) is 5.91 Å². The van der Waals surface area contributed by atoms with Crippen molar-refractivity contribution in [3.05, 3.63) is 0 Å². The molecule has 0 bridgehead atoms. The van der Waals surface area contributed by atoms with E-state index in [9.17, 15) is 4.79 Å². The van der Waals surface area contributed by atoms with Crippen LogP contribution in [-0.4, -0.2) is 54.5 Å². The Labute approximate surface area is 123 Å². The number of nitrogens with zero attached hydrogens (tertiary/aromatic N) is 2. The summed E-state index contributed by atoms with van der Waals surface area (Å²) in [6.07, 6.45) is 5.31. The van der Waals surface area contributed by atoms with Gasteiger partial charge in [0.15, 0.2) is 0 Å². The van der Waals surface area contributed by atoms with E-state index in [4.69, 9.17) is 5.73 Å². The van der Waals surface area contributed by atoms with Crippen LogP contribution in [0.15, 0.2) is 0 Å². The fourth-order valence-electron chi connectivity index (χ4n) is 3.23. The van der Waals surface area contributed by atoms with Crippen molar-refractivity contribution >= 4 is 5.91 Å². The minimum absolute atomic E-state index is 0.107. The van der Waals surface area contributed by atoms with Gasteiger partial charge in [0.1, 0.15) is 0 Å². The summed E-state index contributed by atoms with van der Waals surface area (Å²) in [6, 6.07) is 0.107. The molecule has 2 fully saturated rings. The average Bonchev–Trinajstić information content (AvgIpc) is 3.29. The molecule has 1 amide bonds. The lowest BCUT2D eigenvalue weighted by molar-refractivity contribution is -0.133. The number of piperidine rings is 1. The molecule has 0 spiro atoms. The Hall–Kier alpha value is -0.610. The van der Waals surface area contributed by atoms with Crippen LogP contribution in [0.4, 0.5) is 0 Å². The third-order valence-corrected chi connectivity index (χ3v) is 5.02. The number of rotatable bonds is 7. The highest BCUT2D eigenvalue weighted by atomic mass is 16.2. The highest BCUT2D eigenvalue weighted by Gasteiger charge is 2.32. The third kappa shape index (κ3) is 4.45. The molecule has 20 heavy (non-hydrogen) atoms. The van der Waals surface area contributed by atoms with Gasteiger partial charge < -0.3 is 15.5 Å². The molecule has 4 heteroatoms. The van der Waals surface area contributed by atoms with Gasteiger partial charge in [-0.15, -0.1) is 0 Å². The summed E-state index contributed by atoms with van der Waals surface area (Å²) >= 11 is 0. The van der Waals surface area contributed by atoms with Gasteiger partial charge in [0.05, 0.1) is 0 Å². The molecule has 0 aromatic rings. The van der Waals surface area contributed by atoms with E-state index < -0.39 is 0 Å². The zero-order chi connectivity index (χ0) is 14.5. The lowest BCUT2D eigenvalue weighted by Crippen LogP contribution is -2.43. The fourth-order valence-corrected chi connectivity index (χ4v) is 3.23. The second kappa shape index (κ2) is 7.41. The SMILES string of the molecule is CCN(CC)CC1CCN(C(=O)CC(N)C2CC2)CC1. The Bertz CT molecular complexity index is 305. The third-order valence-electron chi connectivity index (χ3n) is 5.02. The summed E-state index contributed by atoms with van der Waals surface area (Å²) < 4.78 is 0. The van der Waals surface area contributed by atoms with Gasteiger partial charge in [-0.05, 0) is 50.6 Å². The van der Waals surface area contributed by atoms with E-state index in [1.807, 2.05) is 4.90 Å². The van der Waals surface area contributed by atoms with Crippen molar-refractivity contribution in [2.75, 3.05) is 32.7 Å². The van der Waals surface area contributed by atoms with Crippen LogP contribution in [0.2, 0.25) is 0 Å². The molecule has 1 saturated heterocycles. The fraction of sp³-hybridized carbons (Fsp3) is 0.938. The Morgan fingerprint density at radius 1 is 1.20 bits per heavy atom. The summed E-state index contributed by atoms with van der Waals surface area (Å²) in [5.74, 6) is 1.67. The summed E-state index contributed by atoms with van der Waals surface area (Å²) in [5.41, 5.74) is 6.06. The van der Waals surface area contributed by atoms with Gasteiger partial charge in [-0.2, -0.15) is 0 Å². The molecule has 4 nitrogen and oxygen atoms in total. The van der Waals surface area contributed by atoms with E-state index in [1.165, 1.54) is 19.4 Å². The van der Waals surface area contributed by atoms with E-state index in [0.29, 0.717) is 12.3 Å². The molecule has 2 rings (SSSR count). The van der Waals surface area contributed by atoms with Crippen LogP contribution in [0.25, 0.3) is 0 Å². The van der Waals surface area contributed by atoms with Crippen LogP contribution in [-0.2, 0) is 4.79 Å². The van der Waals surface area contributed by atoms with Crippen molar-refractivity contribution in [3.63, 3.8) is 0 Å². The normalized spacial score (nSPS) is 22.3. The van der Waals surface area contributed by atoms with Gasteiger partial charge in [0.25, 0.3) is 0 Å². The lowest BCUT2D eigenvalue weighted by atomic mass is 9.95. The standard InChI is InChI=1S/C16H31N3O/c1-3-18(4-2)12-13-7-9-19(10-8-13)16(20)11-15(17)14-5-6-14/h13-15H,3-12,17H2,1-2H3. The maximum atomic E-state index is 12.2. The van der Waals surface area contributed by atoms with E-state index in [2.05, 4.69) is 18.7 Å². The average molecular weight is 281 g/mol. The van der Waals surface area contributed by atoms with Crippen LogP contribution in [0, 0.1) is 11.8 Å². The number of amides is 1. The van der Waals surface area contributed by atoms with Crippen molar-refractivity contribution in [3.8, 4) is 0 Å². The van der Waals surface area contributed by atoms with Gasteiger partial charge in [0, 0.05) is 32.1 Å². The number of nitrogens with two attached hydrogens (primary N) is 1. The molecular formula is C16H31N3O. The van der Waals surface area contributed by atoms with Crippen LogP contribution in [0.3, 0.4) is 0 Å². The van der Waals surface area contributed by atoms with Crippen LogP contribution in [0.5, 0.6) is 0 Å². The zero-order valence-electron chi connectivity index (χ0n) is 13.2. The first-order valence-electron chi connectivity index (χ1n) is 8.39. The molecule has 0 aromatic carbocycles. The molecule has 1 aliphatic heterocycles. The predicted molar refractivity (Wildman–Crippen MR) is 82.4 cm³/mol. The first-order valence-corrected chi connectivity index (χ1v) is 8.39. The van der Waals surface area contributed by atoms with E-state index >= 15 is 0 Å². The zero-order valence-corrected chi connectivity index (χ0v) is 13.2. The number of hydrogen-bond donors (Lipinski definition) is 1. The molecule has 1 heterocycles. The molecule has 1 saturated carbocycles. The number of hydrogen-bond acceptors (Lipinski definition) is 3. The quantitative estimate of drug-likeness (QED) is 0.772.